The third kappa shape index (κ3) is 5.47. The van der Waals surface area contributed by atoms with Gasteiger partial charge < -0.3 is 14.6 Å². The Labute approximate surface area is 133 Å². The average Bonchev–Trinajstić information content (AvgIpc) is 2.85. The van der Waals surface area contributed by atoms with Crippen molar-refractivity contribution in [3.05, 3.63) is 40.5 Å². The van der Waals surface area contributed by atoms with E-state index in [1.165, 1.54) is 11.5 Å². The van der Waals surface area contributed by atoms with Crippen LogP contribution in [0.4, 0.5) is 4.79 Å². The fourth-order valence-corrected chi connectivity index (χ4v) is 1.69. The number of diazo groups is 1. The minimum atomic E-state index is -0.956. The number of aliphatic hydroxyl groups excluding tert-OH is 1. The van der Waals surface area contributed by atoms with E-state index in [1.54, 1.807) is 39.1 Å². The number of carbonyl (C=O) groups is 2. The summed E-state index contributed by atoms with van der Waals surface area (Å²) in [4.78, 5) is 26.3. The summed E-state index contributed by atoms with van der Waals surface area (Å²) in [5.41, 5.74) is -0.585. The van der Waals surface area contributed by atoms with Gasteiger partial charge in [0.1, 0.15) is 5.60 Å². The van der Waals surface area contributed by atoms with Crippen molar-refractivity contribution in [2.45, 2.75) is 39.7 Å². The van der Waals surface area contributed by atoms with Crippen molar-refractivity contribution in [1.82, 2.24) is 4.57 Å². The van der Waals surface area contributed by atoms with Crippen molar-refractivity contribution in [2.75, 3.05) is 6.61 Å². The molecule has 124 valence electrons. The molecule has 1 heterocycles. The molecular formula is C15H20N3O5+. The van der Waals surface area contributed by atoms with Gasteiger partial charge in [-0.3, -0.25) is 4.57 Å². The summed E-state index contributed by atoms with van der Waals surface area (Å²) in [6, 6.07) is 3.37. The quantitative estimate of drug-likeness (QED) is 0.395. The zero-order valence-electron chi connectivity index (χ0n) is 13.6. The highest BCUT2D eigenvalue weighted by Crippen LogP contribution is 2.12. The maximum atomic E-state index is 12.0. The fraction of sp³-hybridized carbons (Fsp3) is 0.467. The lowest BCUT2D eigenvalue weighted by Gasteiger charge is -2.20. The summed E-state index contributed by atoms with van der Waals surface area (Å²) >= 11 is 0. The maximum absolute atomic E-state index is 12.0. The van der Waals surface area contributed by atoms with Crippen molar-refractivity contribution in [3.63, 3.8) is 0 Å². The summed E-state index contributed by atoms with van der Waals surface area (Å²) in [6.45, 7) is 6.43. The zero-order chi connectivity index (χ0) is 17.6. The molecule has 0 unspecified atom stereocenters. The number of nitrogens with zero attached hydrogens (tertiary/aromatic N) is 3. The van der Waals surface area contributed by atoms with Crippen LogP contribution in [0.5, 0.6) is 0 Å². The van der Waals surface area contributed by atoms with Crippen LogP contribution < -0.4 is 0 Å². The monoisotopic (exact) mass is 322 g/mol. The fourth-order valence-electron chi connectivity index (χ4n) is 1.69. The van der Waals surface area contributed by atoms with E-state index in [2.05, 4.69) is 4.98 Å². The molecule has 0 aliphatic rings. The molecule has 0 saturated heterocycles. The first kappa shape index (κ1) is 18.2. The van der Waals surface area contributed by atoms with Gasteiger partial charge in [-0.05, 0) is 32.9 Å². The van der Waals surface area contributed by atoms with Gasteiger partial charge in [0, 0.05) is 25.2 Å². The van der Waals surface area contributed by atoms with Gasteiger partial charge in [-0.1, -0.05) is 0 Å². The molecule has 0 atom stereocenters. The Kier molecular flexibility index (Phi) is 5.90. The van der Waals surface area contributed by atoms with E-state index in [4.69, 9.17) is 20.0 Å². The van der Waals surface area contributed by atoms with Gasteiger partial charge in [0.15, 0.2) is 10.7 Å². The van der Waals surface area contributed by atoms with Crippen LogP contribution in [0.1, 0.15) is 33.4 Å². The number of aromatic nitrogens is 1. The van der Waals surface area contributed by atoms with Crippen LogP contribution in [0.2, 0.25) is 0 Å². The van der Waals surface area contributed by atoms with Crippen LogP contribution in [0, 0.1) is 5.39 Å². The van der Waals surface area contributed by atoms with Gasteiger partial charge >= 0.3 is 17.8 Å². The van der Waals surface area contributed by atoms with Crippen molar-refractivity contribution < 1.29 is 24.2 Å². The van der Waals surface area contributed by atoms with Crippen LogP contribution in [0.25, 0.3) is 4.98 Å². The molecule has 1 rings (SSSR count). The minimum Gasteiger partial charge on any atom is -0.505 e. The first-order chi connectivity index (χ1) is 10.7. The lowest BCUT2D eigenvalue weighted by Crippen LogP contribution is -2.28. The zero-order valence-corrected chi connectivity index (χ0v) is 13.6. The Morgan fingerprint density at radius 2 is 2.04 bits per heavy atom. The first-order valence-electron chi connectivity index (χ1n) is 6.97. The molecule has 0 aromatic carbocycles. The number of hydrogen-bond donors (Lipinski definition) is 1. The van der Waals surface area contributed by atoms with E-state index in [-0.39, 0.29) is 13.0 Å². The largest absolute Gasteiger partial charge is 0.505 e. The molecule has 1 N–H and O–H groups in total. The molecule has 23 heavy (non-hydrogen) atoms. The maximum Gasteiger partial charge on any atom is 0.504 e. The third-order valence-electron chi connectivity index (χ3n) is 2.65. The highest BCUT2D eigenvalue weighted by molar-refractivity contribution is 5.90. The molecule has 0 aliphatic carbocycles. The van der Waals surface area contributed by atoms with Crippen LogP contribution in [0.3, 0.4) is 0 Å². The molecule has 8 nitrogen and oxygen atoms in total. The Balaban J connectivity index is 2.66. The Bertz CT molecular complexity index is 657. The number of ether oxygens (including phenoxy) is 2. The standard InChI is InChI=1S/C15H19N3O5/c1-10(19)12(17-16)13(20)22-9-7-11-6-5-8-18(11)14(21)23-15(2,3)4/h5-6,8H,7,9H2,1-4H3/p+1. The van der Waals surface area contributed by atoms with Crippen molar-refractivity contribution in [3.8, 4) is 0 Å². The molecule has 0 bridgehead atoms. The van der Waals surface area contributed by atoms with Crippen molar-refractivity contribution in [2.24, 2.45) is 0 Å². The van der Waals surface area contributed by atoms with Crippen molar-refractivity contribution >= 4 is 12.1 Å². The predicted molar refractivity (Wildman–Crippen MR) is 81.1 cm³/mol. The van der Waals surface area contributed by atoms with E-state index in [0.29, 0.717) is 5.69 Å². The molecule has 8 heteroatoms. The highest BCUT2D eigenvalue weighted by Gasteiger charge is 2.28. The number of esters is 1. The van der Waals surface area contributed by atoms with Gasteiger partial charge in [-0.25, -0.2) is 9.59 Å². The van der Waals surface area contributed by atoms with Gasteiger partial charge in [-0.15, -0.1) is 0 Å². The Hall–Kier alpha value is -2.82. The molecule has 0 spiro atoms. The number of carbonyl (C=O) groups excluding carboxylic acids is 2. The van der Waals surface area contributed by atoms with Gasteiger partial charge in [0.25, 0.3) is 0 Å². The second-order valence-corrected chi connectivity index (χ2v) is 5.77. The molecule has 0 amide bonds. The van der Waals surface area contributed by atoms with E-state index in [1.807, 2.05) is 0 Å². The number of rotatable bonds is 4. The normalized spacial score (nSPS) is 12.1. The molecule has 0 aliphatic heterocycles. The van der Waals surface area contributed by atoms with Crippen molar-refractivity contribution in [1.29, 1.82) is 5.39 Å². The van der Waals surface area contributed by atoms with Crippen LogP contribution >= 0.6 is 0 Å². The second kappa shape index (κ2) is 7.45. The van der Waals surface area contributed by atoms with Crippen LogP contribution in [-0.2, 0) is 20.7 Å². The molecule has 0 saturated carbocycles. The lowest BCUT2D eigenvalue weighted by molar-refractivity contribution is -0.138. The Morgan fingerprint density at radius 3 is 2.57 bits per heavy atom. The van der Waals surface area contributed by atoms with Crippen LogP contribution in [-0.4, -0.2) is 33.9 Å². The second-order valence-electron chi connectivity index (χ2n) is 5.77. The first-order valence-corrected chi connectivity index (χ1v) is 6.97. The third-order valence-corrected chi connectivity index (χ3v) is 2.65. The van der Waals surface area contributed by atoms with Gasteiger partial charge in [-0.2, -0.15) is 0 Å². The lowest BCUT2D eigenvalue weighted by atomic mass is 10.2. The summed E-state index contributed by atoms with van der Waals surface area (Å²) in [6.07, 6.45) is 1.28. The molecular weight excluding hydrogens is 302 g/mol. The highest BCUT2D eigenvalue weighted by atomic mass is 16.6. The van der Waals surface area contributed by atoms with E-state index < -0.39 is 29.1 Å². The predicted octanol–water partition coefficient (Wildman–Crippen LogP) is 3.00. The van der Waals surface area contributed by atoms with E-state index in [0.717, 1.165) is 0 Å². The summed E-state index contributed by atoms with van der Waals surface area (Å²) in [5.74, 6) is -1.41. The number of hydrogen-bond acceptors (Lipinski definition) is 6. The molecule has 1 aromatic heterocycles. The average molecular weight is 322 g/mol. The van der Waals surface area contributed by atoms with E-state index in [9.17, 15) is 9.59 Å². The van der Waals surface area contributed by atoms with Gasteiger partial charge in [0.2, 0.25) is 5.39 Å². The van der Waals surface area contributed by atoms with Crippen LogP contribution in [0.15, 0.2) is 29.8 Å². The Morgan fingerprint density at radius 1 is 1.39 bits per heavy atom. The SMILES string of the molecule is C/C(O)=C(\[N+]#N)C(=O)OCCc1cccn1C(=O)OC(C)(C)C. The summed E-state index contributed by atoms with van der Waals surface area (Å²) in [7, 11) is 0. The van der Waals surface area contributed by atoms with Gasteiger partial charge in [0.05, 0.1) is 6.61 Å². The summed E-state index contributed by atoms with van der Waals surface area (Å²) in [5, 5.41) is 17.8. The number of aliphatic hydroxyl groups is 1. The summed E-state index contributed by atoms with van der Waals surface area (Å²) < 4.78 is 11.5. The topological polar surface area (TPSA) is 106 Å². The molecule has 0 fully saturated rings. The number of allylic oxidation sites excluding steroid dienone is 1. The smallest absolute Gasteiger partial charge is 0.504 e. The minimum absolute atomic E-state index is 0.0576. The molecule has 0 radical (unpaired) electrons. The van der Waals surface area contributed by atoms with E-state index >= 15 is 0 Å². The molecule has 1 aromatic rings.